The van der Waals surface area contributed by atoms with Crippen LogP contribution in [0.4, 0.5) is 4.79 Å². The summed E-state index contributed by atoms with van der Waals surface area (Å²) in [5, 5.41) is 11.2. The highest BCUT2D eigenvalue weighted by atomic mass is 16.4. The third-order valence-corrected chi connectivity index (χ3v) is 2.47. The van der Waals surface area contributed by atoms with Gasteiger partial charge in [-0.05, 0) is 34.9 Å². The minimum Gasteiger partial charge on any atom is -0.480 e. The van der Waals surface area contributed by atoms with Crippen LogP contribution in [0.1, 0.15) is 20.8 Å². The summed E-state index contributed by atoms with van der Waals surface area (Å²) in [6, 6.07) is -1.17. The van der Waals surface area contributed by atoms with Crippen molar-refractivity contribution < 1.29 is 14.7 Å². The summed E-state index contributed by atoms with van der Waals surface area (Å²) in [5.41, 5.74) is 0. The minimum atomic E-state index is -1.03. The van der Waals surface area contributed by atoms with E-state index in [1.807, 2.05) is 32.8 Å². The summed E-state index contributed by atoms with van der Waals surface area (Å²) in [6.07, 6.45) is 0. The summed E-state index contributed by atoms with van der Waals surface area (Å²) < 4.78 is 0. The molecule has 2 N–H and O–H groups in total. The molecule has 0 aliphatic rings. The van der Waals surface area contributed by atoms with Crippen LogP contribution >= 0.6 is 0 Å². The fraction of sp³-hybridized carbons (Fsp3) is 0.818. The van der Waals surface area contributed by atoms with Crippen molar-refractivity contribution in [1.29, 1.82) is 0 Å². The number of carboxylic acid groups (broad SMARTS) is 1. The van der Waals surface area contributed by atoms with E-state index >= 15 is 0 Å². The van der Waals surface area contributed by atoms with Crippen LogP contribution in [0.3, 0.4) is 0 Å². The van der Waals surface area contributed by atoms with Gasteiger partial charge < -0.3 is 20.2 Å². The fourth-order valence-electron chi connectivity index (χ4n) is 1.61. The molecule has 17 heavy (non-hydrogen) atoms. The van der Waals surface area contributed by atoms with Crippen LogP contribution < -0.4 is 5.32 Å². The van der Waals surface area contributed by atoms with Gasteiger partial charge in [-0.15, -0.1) is 0 Å². The van der Waals surface area contributed by atoms with Crippen LogP contribution in [0.15, 0.2) is 0 Å². The van der Waals surface area contributed by atoms with Crippen LogP contribution in [0.25, 0.3) is 0 Å². The van der Waals surface area contributed by atoms with Gasteiger partial charge in [0.25, 0.3) is 0 Å². The molecule has 2 amide bonds. The normalized spacial score (nSPS) is 14.2. The number of carboxylic acids is 1. The lowest BCUT2D eigenvalue weighted by Gasteiger charge is -2.30. The first kappa shape index (κ1) is 15.7. The maximum atomic E-state index is 11.8. The van der Waals surface area contributed by atoms with Gasteiger partial charge in [0.1, 0.15) is 6.04 Å². The SMILES string of the molecule is CCN(C(=O)NC(C)C(=O)O)C(C)CN(C)C. The van der Waals surface area contributed by atoms with Crippen molar-refractivity contribution in [3.8, 4) is 0 Å². The van der Waals surface area contributed by atoms with Gasteiger partial charge in [0, 0.05) is 19.1 Å². The third-order valence-electron chi connectivity index (χ3n) is 2.47. The number of hydrogen-bond donors (Lipinski definition) is 2. The first-order valence-corrected chi connectivity index (χ1v) is 5.74. The molecule has 0 fully saturated rings. The van der Waals surface area contributed by atoms with Gasteiger partial charge in [-0.2, -0.15) is 0 Å². The Morgan fingerprint density at radius 1 is 1.29 bits per heavy atom. The molecule has 6 nitrogen and oxygen atoms in total. The lowest BCUT2D eigenvalue weighted by atomic mass is 10.2. The second-order valence-corrected chi connectivity index (χ2v) is 4.41. The maximum Gasteiger partial charge on any atom is 0.325 e. The van der Waals surface area contributed by atoms with Gasteiger partial charge in [0.15, 0.2) is 0 Å². The Hall–Kier alpha value is -1.30. The molecule has 0 aliphatic carbocycles. The van der Waals surface area contributed by atoms with Gasteiger partial charge in [-0.1, -0.05) is 0 Å². The van der Waals surface area contributed by atoms with E-state index in [9.17, 15) is 9.59 Å². The summed E-state index contributed by atoms with van der Waals surface area (Å²) in [7, 11) is 3.87. The molecule has 0 aromatic rings. The molecule has 0 spiro atoms. The maximum absolute atomic E-state index is 11.8. The first-order chi connectivity index (χ1) is 7.79. The molecule has 0 saturated carbocycles. The molecule has 0 aromatic heterocycles. The second-order valence-electron chi connectivity index (χ2n) is 4.41. The number of urea groups is 1. The lowest BCUT2D eigenvalue weighted by Crippen LogP contribution is -2.51. The number of aliphatic carboxylic acids is 1. The predicted molar refractivity (Wildman–Crippen MR) is 66.0 cm³/mol. The van der Waals surface area contributed by atoms with E-state index < -0.39 is 12.0 Å². The molecular weight excluding hydrogens is 222 g/mol. The van der Waals surface area contributed by atoms with Crippen LogP contribution in [0.2, 0.25) is 0 Å². The minimum absolute atomic E-state index is 0.0380. The Morgan fingerprint density at radius 2 is 1.82 bits per heavy atom. The molecule has 0 saturated heterocycles. The quantitative estimate of drug-likeness (QED) is 0.712. The number of nitrogens with one attached hydrogen (secondary N) is 1. The van der Waals surface area contributed by atoms with Crippen LogP contribution in [-0.2, 0) is 4.79 Å². The molecule has 0 aromatic carbocycles. The van der Waals surface area contributed by atoms with E-state index in [-0.39, 0.29) is 12.1 Å². The second kappa shape index (κ2) is 7.11. The predicted octanol–water partition coefficient (Wildman–Crippen LogP) is 0.441. The van der Waals surface area contributed by atoms with E-state index in [0.717, 1.165) is 6.54 Å². The van der Waals surface area contributed by atoms with Crippen molar-refractivity contribution in [3.63, 3.8) is 0 Å². The highest BCUT2D eigenvalue weighted by Crippen LogP contribution is 2.01. The van der Waals surface area contributed by atoms with E-state index in [1.165, 1.54) is 6.92 Å². The molecule has 0 aliphatic heterocycles. The summed E-state index contributed by atoms with van der Waals surface area (Å²) in [6.45, 7) is 6.55. The zero-order valence-electron chi connectivity index (χ0n) is 11.2. The topological polar surface area (TPSA) is 72.9 Å². The van der Waals surface area contributed by atoms with Crippen molar-refractivity contribution in [1.82, 2.24) is 15.1 Å². The number of rotatable bonds is 6. The Kier molecular flexibility index (Phi) is 6.57. The lowest BCUT2D eigenvalue weighted by molar-refractivity contribution is -0.138. The monoisotopic (exact) mass is 245 g/mol. The molecule has 0 rings (SSSR count). The summed E-state index contributed by atoms with van der Waals surface area (Å²) in [5.74, 6) is -1.03. The Morgan fingerprint density at radius 3 is 2.18 bits per heavy atom. The molecule has 2 unspecified atom stereocenters. The Labute approximate surface area is 103 Å². The molecular formula is C11H23N3O3. The molecule has 0 bridgehead atoms. The smallest absolute Gasteiger partial charge is 0.325 e. The molecule has 0 heterocycles. The number of hydrogen-bond acceptors (Lipinski definition) is 3. The molecule has 100 valence electrons. The summed E-state index contributed by atoms with van der Waals surface area (Å²) >= 11 is 0. The number of carbonyl (C=O) groups excluding carboxylic acids is 1. The van der Waals surface area contributed by atoms with E-state index in [0.29, 0.717) is 6.54 Å². The van der Waals surface area contributed by atoms with Gasteiger partial charge >= 0.3 is 12.0 Å². The van der Waals surface area contributed by atoms with Gasteiger partial charge in [0.2, 0.25) is 0 Å². The average Bonchev–Trinajstić information content (AvgIpc) is 2.16. The van der Waals surface area contributed by atoms with Gasteiger partial charge in [-0.3, -0.25) is 4.79 Å². The molecule has 6 heteroatoms. The largest absolute Gasteiger partial charge is 0.480 e. The van der Waals surface area contributed by atoms with Crippen molar-refractivity contribution in [2.75, 3.05) is 27.2 Å². The number of amides is 2. The number of nitrogens with zero attached hydrogens (tertiary/aromatic N) is 2. The zero-order chi connectivity index (χ0) is 13.6. The number of carbonyl (C=O) groups is 2. The highest BCUT2D eigenvalue weighted by molar-refractivity contribution is 5.82. The van der Waals surface area contributed by atoms with Crippen molar-refractivity contribution in [3.05, 3.63) is 0 Å². The fourth-order valence-corrected chi connectivity index (χ4v) is 1.61. The first-order valence-electron chi connectivity index (χ1n) is 5.74. The van der Waals surface area contributed by atoms with Crippen LogP contribution in [0.5, 0.6) is 0 Å². The molecule has 0 radical (unpaired) electrons. The number of likely N-dealkylation sites (N-methyl/N-ethyl adjacent to an activating group) is 2. The van der Waals surface area contributed by atoms with Crippen LogP contribution in [0, 0.1) is 0 Å². The zero-order valence-corrected chi connectivity index (χ0v) is 11.2. The van der Waals surface area contributed by atoms with Gasteiger partial charge in [-0.25, -0.2) is 4.79 Å². The van der Waals surface area contributed by atoms with Crippen molar-refractivity contribution in [2.45, 2.75) is 32.9 Å². The summed E-state index contributed by atoms with van der Waals surface area (Å²) in [4.78, 5) is 26.1. The average molecular weight is 245 g/mol. The van der Waals surface area contributed by atoms with Crippen LogP contribution in [-0.4, -0.2) is 66.2 Å². The van der Waals surface area contributed by atoms with Crippen molar-refractivity contribution in [2.24, 2.45) is 0 Å². The van der Waals surface area contributed by atoms with Crippen molar-refractivity contribution >= 4 is 12.0 Å². The third kappa shape index (κ3) is 5.53. The van der Waals surface area contributed by atoms with Gasteiger partial charge in [0.05, 0.1) is 0 Å². The Balaban J connectivity index is 4.44. The standard InChI is InChI=1S/C11H23N3O3/c1-6-14(8(2)7-13(4)5)11(17)12-9(3)10(15)16/h8-9H,6-7H2,1-5H3,(H,12,17)(H,15,16). The Bertz CT molecular complexity index is 269. The highest BCUT2D eigenvalue weighted by Gasteiger charge is 2.22. The van der Waals surface area contributed by atoms with E-state index in [1.54, 1.807) is 4.90 Å². The van der Waals surface area contributed by atoms with E-state index in [2.05, 4.69) is 5.32 Å². The molecule has 2 atom stereocenters. The van der Waals surface area contributed by atoms with E-state index in [4.69, 9.17) is 5.11 Å².